The van der Waals surface area contributed by atoms with E-state index in [9.17, 15) is 17.6 Å². The zero-order valence-electron chi connectivity index (χ0n) is 15.2. The molecule has 0 N–H and O–H groups in total. The maximum absolute atomic E-state index is 14.1. The molecule has 8 heteroatoms. The highest BCUT2D eigenvalue weighted by Crippen LogP contribution is 2.34. The van der Waals surface area contributed by atoms with Crippen molar-refractivity contribution in [2.75, 3.05) is 6.54 Å². The predicted octanol–water partition coefficient (Wildman–Crippen LogP) is 5.51. The van der Waals surface area contributed by atoms with Crippen LogP contribution in [-0.4, -0.2) is 21.4 Å². The molecule has 4 rings (SSSR count). The minimum absolute atomic E-state index is 0.125. The fourth-order valence-electron chi connectivity index (χ4n) is 3.46. The smallest absolute Gasteiger partial charge is 0.294 e. The van der Waals surface area contributed by atoms with Crippen molar-refractivity contribution >= 4 is 11.6 Å². The summed E-state index contributed by atoms with van der Waals surface area (Å²) in [6, 6.07) is 10.2. The van der Waals surface area contributed by atoms with Crippen LogP contribution >= 0.6 is 11.6 Å². The van der Waals surface area contributed by atoms with Crippen LogP contribution in [0.4, 0.5) is 17.6 Å². The van der Waals surface area contributed by atoms with Crippen LogP contribution in [0.1, 0.15) is 22.4 Å². The molecule has 3 nitrogen and oxygen atoms in total. The molecule has 3 aromatic rings. The molecule has 0 bridgehead atoms. The van der Waals surface area contributed by atoms with Crippen LogP contribution in [0.2, 0.25) is 5.02 Å². The average Bonchev–Trinajstić information content (AvgIpc) is 2.69. The molecule has 1 aliphatic heterocycles. The molecule has 150 valence electrons. The van der Waals surface area contributed by atoms with Crippen molar-refractivity contribution in [2.45, 2.75) is 25.7 Å². The topological polar surface area (TPSA) is 29.0 Å². The van der Waals surface area contributed by atoms with Crippen LogP contribution in [0.25, 0.3) is 11.4 Å². The number of alkyl halides is 3. The van der Waals surface area contributed by atoms with E-state index in [1.807, 2.05) is 12.1 Å². The number of fused-ring (bicyclic) bond motifs is 1. The van der Waals surface area contributed by atoms with Gasteiger partial charge in [-0.1, -0.05) is 17.7 Å². The Morgan fingerprint density at radius 1 is 1.07 bits per heavy atom. The van der Waals surface area contributed by atoms with Gasteiger partial charge in [0.05, 0.1) is 11.3 Å². The molecule has 0 spiro atoms. The summed E-state index contributed by atoms with van der Waals surface area (Å²) in [5.74, 6) is -0.276. The van der Waals surface area contributed by atoms with Gasteiger partial charge in [0.25, 0.3) is 0 Å². The van der Waals surface area contributed by atoms with E-state index in [0.717, 1.165) is 35.0 Å². The Morgan fingerprint density at radius 3 is 2.55 bits per heavy atom. The summed E-state index contributed by atoms with van der Waals surface area (Å²) in [4.78, 5) is 10.7. The minimum atomic E-state index is -4.60. The standard InChI is InChI=1S/C21H16ClF4N3/c22-15-6-4-13(5-7-15)20-27-10-14-11-29(9-8-19(14)28-20)12-16-17(21(24,25)26)2-1-3-18(16)23/h1-7,10H,8-9,11-12H2. The van der Waals surface area contributed by atoms with Gasteiger partial charge in [0.1, 0.15) is 5.82 Å². The van der Waals surface area contributed by atoms with Crippen molar-refractivity contribution in [2.24, 2.45) is 0 Å². The van der Waals surface area contributed by atoms with Crippen molar-refractivity contribution in [1.29, 1.82) is 0 Å². The molecular weight excluding hydrogens is 406 g/mol. The van der Waals surface area contributed by atoms with E-state index in [-0.39, 0.29) is 12.1 Å². The van der Waals surface area contributed by atoms with E-state index in [1.165, 1.54) is 0 Å². The molecule has 0 fully saturated rings. The Bertz CT molecular complexity index is 1040. The van der Waals surface area contributed by atoms with Crippen LogP contribution in [0.3, 0.4) is 0 Å². The maximum Gasteiger partial charge on any atom is 0.416 e. The monoisotopic (exact) mass is 421 g/mol. The number of halogens is 5. The zero-order valence-corrected chi connectivity index (χ0v) is 15.9. The minimum Gasteiger partial charge on any atom is -0.294 e. The van der Waals surface area contributed by atoms with Gasteiger partial charge in [-0.3, -0.25) is 4.90 Å². The van der Waals surface area contributed by atoms with Crippen LogP contribution < -0.4 is 0 Å². The SMILES string of the molecule is Fc1cccc(C(F)(F)F)c1CN1CCc2nc(-c3ccc(Cl)cc3)ncc2C1. The van der Waals surface area contributed by atoms with E-state index >= 15 is 0 Å². The molecule has 0 saturated carbocycles. The fraction of sp³-hybridized carbons (Fsp3) is 0.238. The van der Waals surface area contributed by atoms with Gasteiger partial charge in [-0.15, -0.1) is 0 Å². The maximum atomic E-state index is 14.1. The molecule has 0 unspecified atom stereocenters. The first-order chi connectivity index (χ1) is 13.8. The summed E-state index contributed by atoms with van der Waals surface area (Å²) >= 11 is 5.90. The highest BCUT2D eigenvalue weighted by atomic mass is 35.5. The second-order valence-corrected chi connectivity index (χ2v) is 7.33. The Kier molecular flexibility index (Phi) is 5.27. The molecule has 29 heavy (non-hydrogen) atoms. The highest BCUT2D eigenvalue weighted by Gasteiger charge is 2.35. The Labute approximate surface area is 170 Å². The molecule has 0 saturated heterocycles. The number of aromatic nitrogens is 2. The molecule has 0 amide bonds. The molecule has 0 atom stereocenters. The number of rotatable bonds is 3. The number of benzene rings is 2. The van der Waals surface area contributed by atoms with E-state index in [2.05, 4.69) is 9.97 Å². The first kappa shape index (κ1) is 19.8. The van der Waals surface area contributed by atoms with E-state index in [0.29, 0.717) is 30.4 Å². The molecule has 1 aliphatic rings. The molecule has 0 radical (unpaired) electrons. The second-order valence-electron chi connectivity index (χ2n) is 6.90. The van der Waals surface area contributed by atoms with E-state index in [4.69, 9.17) is 11.6 Å². The van der Waals surface area contributed by atoms with E-state index in [1.54, 1.807) is 23.2 Å². The number of hydrogen-bond acceptors (Lipinski definition) is 3. The Balaban J connectivity index is 1.55. The first-order valence-corrected chi connectivity index (χ1v) is 9.37. The van der Waals surface area contributed by atoms with Gasteiger partial charge in [0.15, 0.2) is 5.82 Å². The zero-order chi connectivity index (χ0) is 20.6. The summed E-state index contributed by atoms with van der Waals surface area (Å²) in [6.45, 7) is 0.720. The lowest BCUT2D eigenvalue weighted by molar-refractivity contribution is -0.138. The summed E-state index contributed by atoms with van der Waals surface area (Å²) in [6.07, 6.45) is -2.36. The van der Waals surface area contributed by atoms with Crippen LogP contribution in [0.5, 0.6) is 0 Å². The summed E-state index contributed by atoms with van der Waals surface area (Å²) in [5.41, 5.74) is 1.25. The van der Waals surface area contributed by atoms with Crippen LogP contribution in [-0.2, 0) is 25.7 Å². The lowest BCUT2D eigenvalue weighted by atomic mass is 10.0. The predicted molar refractivity (Wildman–Crippen MR) is 102 cm³/mol. The molecule has 1 aromatic heterocycles. The van der Waals surface area contributed by atoms with Gasteiger partial charge < -0.3 is 0 Å². The number of hydrogen-bond donors (Lipinski definition) is 0. The third-order valence-electron chi connectivity index (χ3n) is 4.92. The summed E-state index contributed by atoms with van der Waals surface area (Å²) in [5, 5.41) is 0.619. The van der Waals surface area contributed by atoms with Crippen LogP contribution in [0, 0.1) is 5.82 Å². The molecule has 0 aliphatic carbocycles. The lowest BCUT2D eigenvalue weighted by Crippen LogP contribution is -2.32. The quantitative estimate of drug-likeness (QED) is 0.522. The highest BCUT2D eigenvalue weighted by molar-refractivity contribution is 6.30. The van der Waals surface area contributed by atoms with E-state index < -0.39 is 17.6 Å². The van der Waals surface area contributed by atoms with Gasteiger partial charge in [-0.05, 0) is 36.4 Å². The largest absolute Gasteiger partial charge is 0.416 e. The van der Waals surface area contributed by atoms with Crippen LogP contribution in [0.15, 0.2) is 48.7 Å². The van der Waals surface area contributed by atoms with Crippen molar-refractivity contribution in [1.82, 2.24) is 14.9 Å². The lowest BCUT2D eigenvalue weighted by Gasteiger charge is -2.29. The van der Waals surface area contributed by atoms with Gasteiger partial charge in [-0.25, -0.2) is 14.4 Å². The van der Waals surface area contributed by atoms with Gasteiger partial charge in [-0.2, -0.15) is 13.2 Å². The second kappa shape index (κ2) is 7.72. The first-order valence-electron chi connectivity index (χ1n) is 8.99. The molecule has 2 aromatic carbocycles. The third-order valence-corrected chi connectivity index (χ3v) is 5.17. The Hall–Kier alpha value is -2.51. The van der Waals surface area contributed by atoms with Gasteiger partial charge >= 0.3 is 6.18 Å². The molecule has 2 heterocycles. The fourth-order valence-corrected chi connectivity index (χ4v) is 3.58. The third kappa shape index (κ3) is 4.26. The molecular formula is C21H16ClF4N3. The van der Waals surface area contributed by atoms with Crippen molar-refractivity contribution in [3.63, 3.8) is 0 Å². The summed E-state index contributed by atoms with van der Waals surface area (Å²) < 4.78 is 53.9. The van der Waals surface area contributed by atoms with Crippen molar-refractivity contribution in [3.05, 3.63) is 81.9 Å². The number of nitrogens with zero attached hydrogens (tertiary/aromatic N) is 3. The normalized spacial score (nSPS) is 14.7. The van der Waals surface area contributed by atoms with Crippen molar-refractivity contribution in [3.8, 4) is 11.4 Å². The van der Waals surface area contributed by atoms with Crippen molar-refractivity contribution < 1.29 is 17.6 Å². The Morgan fingerprint density at radius 2 is 1.83 bits per heavy atom. The average molecular weight is 422 g/mol. The summed E-state index contributed by atoms with van der Waals surface area (Å²) in [7, 11) is 0. The van der Waals surface area contributed by atoms with Gasteiger partial charge in [0.2, 0.25) is 0 Å². The van der Waals surface area contributed by atoms with Gasteiger partial charge in [0, 0.05) is 54.0 Å².